The summed E-state index contributed by atoms with van der Waals surface area (Å²) in [5.74, 6) is 0. The number of rotatable bonds is 6. The van der Waals surface area contributed by atoms with Gasteiger partial charge in [0.15, 0.2) is 0 Å². The smallest absolute Gasteiger partial charge is 0.326 e. The minimum atomic E-state index is -4.11. The van der Waals surface area contributed by atoms with Gasteiger partial charge in [0.05, 0.1) is 6.42 Å². The number of nitrogens with one attached hydrogen (secondary N) is 1. The van der Waals surface area contributed by atoms with Crippen LogP contribution in [0.25, 0.3) is 0 Å². The van der Waals surface area contributed by atoms with E-state index in [1.165, 1.54) is 0 Å². The lowest BCUT2D eigenvalue weighted by atomic mass is 10.0. The van der Waals surface area contributed by atoms with E-state index in [-0.39, 0.29) is 0 Å². The van der Waals surface area contributed by atoms with Crippen LogP contribution >= 0.6 is 0 Å². The number of nitrogens with two attached hydrogens (primary N) is 1. The first-order valence-corrected chi connectivity index (χ1v) is 5.99. The van der Waals surface area contributed by atoms with Crippen molar-refractivity contribution in [3.8, 4) is 0 Å². The summed E-state index contributed by atoms with van der Waals surface area (Å²) in [4.78, 5) is 0. The Kier molecular flexibility index (Phi) is 5.62. The molecule has 1 atom stereocenters. The van der Waals surface area contributed by atoms with E-state index in [0.29, 0.717) is 19.5 Å². The molecule has 0 aliphatic carbocycles. The van der Waals surface area contributed by atoms with Crippen molar-refractivity contribution in [3.63, 3.8) is 0 Å². The lowest BCUT2D eigenvalue weighted by molar-refractivity contribution is -0.138. The van der Waals surface area contributed by atoms with Gasteiger partial charge < -0.3 is 11.1 Å². The molecule has 0 heterocycles. The van der Waals surface area contributed by atoms with Crippen molar-refractivity contribution < 1.29 is 13.2 Å². The molecule has 1 aromatic rings. The summed E-state index contributed by atoms with van der Waals surface area (Å²) in [5.41, 5.74) is 7.73. The second-order valence-corrected chi connectivity index (χ2v) is 4.40. The predicted molar refractivity (Wildman–Crippen MR) is 66.2 cm³/mol. The van der Waals surface area contributed by atoms with Crippen LogP contribution in [0.4, 0.5) is 13.2 Å². The van der Waals surface area contributed by atoms with Crippen molar-refractivity contribution >= 4 is 0 Å². The number of halogens is 3. The molecule has 102 valence electrons. The Labute approximate surface area is 105 Å². The van der Waals surface area contributed by atoms with Crippen LogP contribution in [0.5, 0.6) is 0 Å². The van der Waals surface area contributed by atoms with Crippen LogP contribution in [-0.2, 0) is 13.0 Å². The molecule has 0 spiro atoms. The van der Waals surface area contributed by atoms with E-state index in [4.69, 9.17) is 5.73 Å². The van der Waals surface area contributed by atoms with Gasteiger partial charge in [0, 0.05) is 12.6 Å². The van der Waals surface area contributed by atoms with E-state index in [1.54, 1.807) is 6.92 Å². The molecule has 0 bridgehead atoms. The molecular weight excluding hydrogens is 241 g/mol. The highest BCUT2D eigenvalue weighted by molar-refractivity contribution is 5.27. The van der Waals surface area contributed by atoms with Crippen molar-refractivity contribution in [1.82, 2.24) is 5.32 Å². The summed E-state index contributed by atoms with van der Waals surface area (Å²) in [6, 6.07) is 7.15. The van der Waals surface area contributed by atoms with Gasteiger partial charge >= 0.3 is 6.18 Å². The molecule has 0 aromatic heterocycles. The van der Waals surface area contributed by atoms with Crippen LogP contribution < -0.4 is 11.1 Å². The Hall–Kier alpha value is -1.07. The van der Waals surface area contributed by atoms with E-state index in [9.17, 15) is 13.2 Å². The third-order valence-corrected chi connectivity index (χ3v) is 2.76. The zero-order valence-corrected chi connectivity index (χ0v) is 10.4. The summed E-state index contributed by atoms with van der Waals surface area (Å²) >= 11 is 0. The van der Waals surface area contributed by atoms with E-state index in [0.717, 1.165) is 11.1 Å². The average Bonchev–Trinajstić information content (AvgIpc) is 2.27. The summed E-state index contributed by atoms with van der Waals surface area (Å²) < 4.78 is 36.4. The molecule has 1 rings (SSSR count). The quantitative estimate of drug-likeness (QED) is 0.825. The molecule has 1 aromatic carbocycles. The molecule has 2 nitrogen and oxygen atoms in total. The van der Waals surface area contributed by atoms with Crippen LogP contribution in [0.3, 0.4) is 0 Å². The van der Waals surface area contributed by atoms with Gasteiger partial charge in [-0.15, -0.1) is 0 Å². The van der Waals surface area contributed by atoms with Crippen LogP contribution in [0.1, 0.15) is 24.5 Å². The summed E-state index contributed by atoms with van der Waals surface area (Å²) in [5, 5.41) is 2.88. The standard InChI is InChI=1S/C13H19F3N2/c1-10(8-13(14,15)16)18-7-6-11-4-2-3-5-12(11)9-17/h2-5,10,18H,6-9,17H2,1H3. The maximum Gasteiger partial charge on any atom is 0.390 e. The second kappa shape index (κ2) is 6.75. The van der Waals surface area contributed by atoms with Crippen molar-refractivity contribution in [2.24, 2.45) is 5.73 Å². The van der Waals surface area contributed by atoms with Gasteiger partial charge in [0.25, 0.3) is 0 Å². The molecule has 0 aliphatic rings. The fourth-order valence-electron chi connectivity index (χ4n) is 1.87. The molecule has 18 heavy (non-hydrogen) atoms. The molecule has 0 saturated heterocycles. The second-order valence-electron chi connectivity index (χ2n) is 4.40. The van der Waals surface area contributed by atoms with Gasteiger partial charge in [-0.25, -0.2) is 0 Å². The number of hydrogen-bond donors (Lipinski definition) is 2. The van der Waals surface area contributed by atoms with Crippen LogP contribution in [0.2, 0.25) is 0 Å². The van der Waals surface area contributed by atoms with Crippen molar-refractivity contribution in [1.29, 1.82) is 0 Å². The first kappa shape index (κ1) is 15.0. The van der Waals surface area contributed by atoms with E-state index < -0.39 is 18.6 Å². The predicted octanol–water partition coefficient (Wildman–Crippen LogP) is 2.62. The highest BCUT2D eigenvalue weighted by Gasteiger charge is 2.29. The third-order valence-electron chi connectivity index (χ3n) is 2.76. The van der Waals surface area contributed by atoms with Gasteiger partial charge in [0.2, 0.25) is 0 Å². The van der Waals surface area contributed by atoms with Crippen LogP contribution in [0, 0.1) is 0 Å². The zero-order valence-electron chi connectivity index (χ0n) is 10.4. The Morgan fingerprint density at radius 3 is 2.39 bits per heavy atom. The van der Waals surface area contributed by atoms with Gasteiger partial charge in [-0.05, 0) is 31.0 Å². The minimum Gasteiger partial charge on any atom is -0.326 e. The average molecular weight is 260 g/mol. The molecule has 5 heteroatoms. The van der Waals surface area contributed by atoms with Crippen molar-refractivity contribution in [3.05, 3.63) is 35.4 Å². The first-order valence-electron chi connectivity index (χ1n) is 5.99. The van der Waals surface area contributed by atoms with E-state index in [1.807, 2.05) is 24.3 Å². The number of alkyl halides is 3. The van der Waals surface area contributed by atoms with E-state index >= 15 is 0 Å². The normalized spacial score (nSPS) is 13.6. The maximum absolute atomic E-state index is 12.1. The largest absolute Gasteiger partial charge is 0.390 e. The molecule has 0 fully saturated rings. The Morgan fingerprint density at radius 1 is 1.22 bits per heavy atom. The van der Waals surface area contributed by atoms with Crippen LogP contribution in [0.15, 0.2) is 24.3 Å². The topological polar surface area (TPSA) is 38.0 Å². The lowest BCUT2D eigenvalue weighted by Crippen LogP contribution is -2.32. The first-order chi connectivity index (χ1) is 8.42. The molecular formula is C13H19F3N2. The summed E-state index contributed by atoms with van der Waals surface area (Å²) in [6.07, 6.45) is -4.22. The third kappa shape index (κ3) is 5.51. The molecule has 0 radical (unpaired) electrons. The Bertz CT molecular complexity index is 363. The zero-order chi connectivity index (χ0) is 13.6. The summed E-state index contributed by atoms with van der Waals surface area (Å²) in [7, 11) is 0. The highest BCUT2D eigenvalue weighted by Crippen LogP contribution is 2.21. The summed E-state index contributed by atoms with van der Waals surface area (Å²) in [6.45, 7) is 2.52. The number of benzene rings is 1. The molecule has 1 unspecified atom stereocenters. The SMILES string of the molecule is CC(CC(F)(F)F)NCCc1ccccc1CN. The van der Waals surface area contributed by atoms with Gasteiger partial charge in [-0.1, -0.05) is 24.3 Å². The molecule has 0 amide bonds. The van der Waals surface area contributed by atoms with Gasteiger partial charge in [0.1, 0.15) is 0 Å². The molecule has 0 aliphatic heterocycles. The maximum atomic E-state index is 12.1. The Morgan fingerprint density at radius 2 is 1.83 bits per heavy atom. The van der Waals surface area contributed by atoms with Gasteiger partial charge in [-0.3, -0.25) is 0 Å². The number of hydrogen-bond acceptors (Lipinski definition) is 2. The minimum absolute atomic E-state index is 0.453. The monoisotopic (exact) mass is 260 g/mol. The van der Waals surface area contributed by atoms with E-state index in [2.05, 4.69) is 5.32 Å². The fourth-order valence-corrected chi connectivity index (χ4v) is 1.87. The van der Waals surface area contributed by atoms with Crippen molar-refractivity contribution in [2.45, 2.75) is 38.5 Å². The fraction of sp³-hybridized carbons (Fsp3) is 0.538. The van der Waals surface area contributed by atoms with Crippen molar-refractivity contribution in [2.75, 3.05) is 6.54 Å². The Balaban J connectivity index is 2.37. The molecule has 3 N–H and O–H groups in total. The van der Waals surface area contributed by atoms with Gasteiger partial charge in [-0.2, -0.15) is 13.2 Å². The highest BCUT2D eigenvalue weighted by atomic mass is 19.4. The molecule has 0 saturated carbocycles. The van der Waals surface area contributed by atoms with Crippen LogP contribution in [-0.4, -0.2) is 18.8 Å². The lowest BCUT2D eigenvalue weighted by Gasteiger charge is -2.16.